The second-order valence-corrected chi connectivity index (χ2v) is 6.76. The summed E-state index contributed by atoms with van der Waals surface area (Å²) < 4.78 is 46.7. The number of halogens is 3. The molecule has 1 fully saturated rings. The van der Waals surface area contributed by atoms with Crippen LogP contribution in [-0.2, 0) is 4.74 Å². The third kappa shape index (κ3) is 4.53. The van der Waals surface area contributed by atoms with Crippen molar-refractivity contribution in [3.8, 4) is 22.8 Å². The number of nitrogens with zero attached hydrogens (tertiary/aromatic N) is 3. The molecule has 1 saturated carbocycles. The van der Waals surface area contributed by atoms with Crippen molar-refractivity contribution in [2.45, 2.75) is 24.7 Å². The van der Waals surface area contributed by atoms with Gasteiger partial charge in [-0.15, -0.1) is 18.3 Å². The third-order valence-corrected chi connectivity index (χ3v) is 4.70. The van der Waals surface area contributed by atoms with Crippen LogP contribution in [0.4, 0.5) is 18.0 Å². The van der Waals surface area contributed by atoms with Crippen LogP contribution in [0.25, 0.3) is 17.1 Å². The Bertz CT molecular complexity index is 1030. The number of aromatic nitrogens is 3. The fourth-order valence-corrected chi connectivity index (χ4v) is 3.13. The minimum Gasteiger partial charge on any atom is -0.453 e. The topological polar surface area (TPSA) is 78.3 Å². The molecular weight excluding hydrogens is 401 g/mol. The van der Waals surface area contributed by atoms with E-state index in [2.05, 4.69) is 24.9 Å². The zero-order valence-corrected chi connectivity index (χ0v) is 15.8. The summed E-state index contributed by atoms with van der Waals surface area (Å²) in [5, 5.41) is 7.16. The Balaban J connectivity index is 1.42. The van der Waals surface area contributed by atoms with Crippen LogP contribution < -0.4 is 10.1 Å². The molecule has 1 aromatic heterocycles. The van der Waals surface area contributed by atoms with Crippen LogP contribution in [0.15, 0.2) is 54.9 Å². The highest BCUT2D eigenvalue weighted by Gasteiger charge is 2.39. The summed E-state index contributed by atoms with van der Waals surface area (Å²) in [6, 6.07) is 13.1. The van der Waals surface area contributed by atoms with Crippen molar-refractivity contribution in [1.82, 2.24) is 20.1 Å². The van der Waals surface area contributed by atoms with Crippen molar-refractivity contribution in [2.75, 3.05) is 7.11 Å². The lowest BCUT2D eigenvalue weighted by Gasteiger charge is -2.09. The second-order valence-electron chi connectivity index (χ2n) is 6.76. The first-order valence-corrected chi connectivity index (χ1v) is 9.05. The molecule has 0 bridgehead atoms. The van der Waals surface area contributed by atoms with E-state index in [9.17, 15) is 18.0 Å². The predicted molar refractivity (Wildman–Crippen MR) is 100 cm³/mol. The molecule has 4 rings (SSSR count). The summed E-state index contributed by atoms with van der Waals surface area (Å²) in [5.74, 6) is 0.431. The fourth-order valence-electron chi connectivity index (χ4n) is 3.13. The van der Waals surface area contributed by atoms with Crippen LogP contribution in [0.1, 0.15) is 17.9 Å². The van der Waals surface area contributed by atoms with Crippen molar-refractivity contribution >= 4 is 6.09 Å². The van der Waals surface area contributed by atoms with Crippen LogP contribution in [0.3, 0.4) is 0 Å². The molecule has 7 nitrogen and oxygen atoms in total. The average Bonchev–Trinajstić information content (AvgIpc) is 3.30. The lowest BCUT2D eigenvalue weighted by molar-refractivity contribution is -0.274. The van der Waals surface area contributed by atoms with Crippen LogP contribution in [0.2, 0.25) is 0 Å². The number of carbonyl (C=O) groups is 1. The maximum atomic E-state index is 12.3. The molecule has 1 aliphatic rings. The van der Waals surface area contributed by atoms with Crippen LogP contribution in [0, 0.1) is 0 Å². The molecule has 1 heterocycles. The molecule has 30 heavy (non-hydrogen) atoms. The summed E-state index contributed by atoms with van der Waals surface area (Å²) in [7, 11) is 1.33. The van der Waals surface area contributed by atoms with E-state index >= 15 is 0 Å². The molecule has 1 amide bonds. The zero-order chi connectivity index (χ0) is 21.3. The van der Waals surface area contributed by atoms with Gasteiger partial charge < -0.3 is 14.8 Å². The molecule has 2 unspecified atom stereocenters. The number of hydrogen-bond donors (Lipinski definition) is 1. The molecule has 1 N–H and O–H groups in total. The number of alkyl halides is 3. The summed E-state index contributed by atoms with van der Waals surface area (Å²) in [5.41, 5.74) is 2.45. The minimum absolute atomic E-state index is 0.0740. The number of rotatable bonds is 5. The molecule has 2 atom stereocenters. The van der Waals surface area contributed by atoms with Gasteiger partial charge in [0.1, 0.15) is 12.1 Å². The van der Waals surface area contributed by atoms with Gasteiger partial charge in [-0.2, -0.15) is 0 Å². The van der Waals surface area contributed by atoms with Gasteiger partial charge in [-0.05, 0) is 36.2 Å². The molecule has 3 aromatic rings. The van der Waals surface area contributed by atoms with E-state index in [-0.39, 0.29) is 17.7 Å². The Kier molecular flexibility index (Phi) is 5.06. The smallest absolute Gasteiger partial charge is 0.453 e. The number of alkyl carbamates (subject to hydrolysis) is 1. The Labute approximate surface area is 169 Å². The quantitative estimate of drug-likeness (QED) is 0.677. The van der Waals surface area contributed by atoms with Gasteiger partial charge in [0.2, 0.25) is 0 Å². The summed E-state index contributed by atoms with van der Waals surface area (Å²) >= 11 is 0. The SMILES string of the molecule is COC(=O)NC1CC1c1ccc(-c2ncn(-c3ccc(OC(F)(F)F)cc3)n2)cc1. The van der Waals surface area contributed by atoms with Crippen molar-refractivity contribution < 1.29 is 27.4 Å². The van der Waals surface area contributed by atoms with Crippen molar-refractivity contribution in [3.05, 3.63) is 60.4 Å². The number of amides is 1. The van der Waals surface area contributed by atoms with Gasteiger partial charge in [-0.1, -0.05) is 24.3 Å². The minimum atomic E-state index is -4.73. The Morgan fingerprint density at radius 1 is 1.13 bits per heavy atom. The fraction of sp³-hybridized carbons (Fsp3) is 0.250. The van der Waals surface area contributed by atoms with E-state index in [1.54, 1.807) is 0 Å². The lowest BCUT2D eigenvalue weighted by atomic mass is 10.1. The molecule has 10 heteroatoms. The maximum Gasteiger partial charge on any atom is 0.573 e. The van der Waals surface area contributed by atoms with Gasteiger partial charge in [0.25, 0.3) is 0 Å². The molecule has 0 spiro atoms. The molecule has 0 radical (unpaired) electrons. The Morgan fingerprint density at radius 3 is 2.47 bits per heavy atom. The van der Waals surface area contributed by atoms with E-state index in [0.29, 0.717) is 11.5 Å². The second kappa shape index (κ2) is 7.69. The Morgan fingerprint density at radius 2 is 1.83 bits per heavy atom. The highest BCUT2D eigenvalue weighted by molar-refractivity contribution is 5.68. The van der Waals surface area contributed by atoms with E-state index in [1.807, 2.05) is 24.3 Å². The molecule has 0 saturated heterocycles. The largest absolute Gasteiger partial charge is 0.573 e. The standard InChI is InChI=1S/C20H17F3N4O3/c1-29-19(28)25-17-10-16(17)12-2-4-13(5-3-12)18-24-11-27(26-18)14-6-8-15(9-7-14)30-20(21,22)23/h2-9,11,16-17H,10H2,1H3,(H,25,28). The highest BCUT2D eigenvalue weighted by Crippen LogP contribution is 2.41. The first kappa shape index (κ1) is 19.7. The van der Waals surface area contributed by atoms with Crippen molar-refractivity contribution in [2.24, 2.45) is 0 Å². The molecule has 0 aliphatic heterocycles. The molecule has 156 valence electrons. The number of ether oxygens (including phenoxy) is 2. The van der Waals surface area contributed by atoms with E-state index < -0.39 is 12.5 Å². The normalized spacial score (nSPS) is 18.0. The van der Waals surface area contributed by atoms with E-state index in [0.717, 1.165) is 17.5 Å². The van der Waals surface area contributed by atoms with Crippen molar-refractivity contribution in [3.63, 3.8) is 0 Å². The van der Waals surface area contributed by atoms with Gasteiger partial charge >= 0.3 is 12.5 Å². The zero-order valence-electron chi connectivity index (χ0n) is 15.8. The van der Waals surface area contributed by atoms with Crippen LogP contribution in [-0.4, -0.2) is 40.4 Å². The van der Waals surface area contributed by atoms with Gasteiger partial charge in [0.15, 0.2) is 5.82 Å². The number of methoxy groups -OCH3 is 1. The Hall–Kier alpha value is -3.56. The third-order valence-electron chi connectivity index (χ3n) is 4.70. The van der Waals surface area contributed by atoms with E-state index in [4.69, 9.17) is 0 Å². The van der Waals surface area contributed by atoms with E-state index in [1.165, 1.54) is 42.4 Å². The highest BCUT2D eigenvalue weighted by atomic mass is 19.4. The number of benzene rings is 2. The summed E-state index contributed by atoms with van der Waals surface area (Å²) in [6.45, 7) is 0. The maximum absolute atomic E-state index is 12.3. The first-order chi connectivity index (χ1) is 14.3. The lowest BCUT2D eigenvalue weighted by Crippen LogP contribution is -2.26. The monoisotopic (exact) mass is 418 g/mol. The van der Waals surface area contributed by atoms with Crippen LogP contribution >= 0.6 is 0 Å². The molecular formula is C20H17F3N4O3. The van der Waals surface area contributed by atoms with Gasteiger partial charge in [0.05, 0.1) is 12.8 Å². The predicted octanol–water partition coefficient (Wildman–Crippen LogP) is 4.04. The number of nitrogens with one attached hydrogen (secondary N) is 1. The number of carbonyl (C=O) groups excluding carboxylic acids is 1. The van der Waals surface area contributed by atoms with Gasteiger partial charge in [-0.25, -0.2) is 14.5 Å². The summed E-state index contributed by atoms with van der Waals surface area (Å²) in [6.07, 6.45) is -2.83. The van der Waals surface area contributed by atoms with Gasteiger partial charge in [0, 0.05) is 17.5 Å². The average molecular weight is 418 g/mol. The van der Waals surface area contributed by atoms with Gasteiger partial charge in [-0.3, -0.25) is 0 Å². The van der Waals surface area contributed by atoms with Crippen LogP contribution in [0.5, 0.6) is 5.75 Å². The van der Waals surface area contributed by atoms with Crippen molar-refractivity contribution in [1.29, 1.82) is 0 Å². The molecule has 2 aromatic carbocycles. The summed E-state index contributed by atoms with van der Waals surface area (Å²) in [4.78, 5) is 15.5. The molecule has 1 aliphatic carbocycles. The first-order valence-electron chi connectivity index (χ1n) is 9.05. The number of hydrogen-bond acceptors (Lipinski definition) is 5.